The highest BCUT2D eigenvalue weighted by atomic mass is 16.5. The quantitative estimate of drug-likeness (QED) is 0.706. The molecule has 1 aromatic heterocycles. The van der Waals surface area contributed by atoms with E-state index in [9.17, 15) is 4.79 Å². The minimum Gasteiger partial charge on any atom is -0.378 e. The molecule has 6 nitrogen and oxygen atoms in total. The van der Waals surface area contributed by atoms with Gasteiger partial charge in [-0.05, 0) is 19.3 Å². The third-order valence-corrected chi connectivity index (χ3v) is 3.87. The van der Waals surface area contributed by atoms with Crippen molar-refractivity contribution in [1.29, 1.82) is 0 Å². The first kappa shape index (κ1) is 17.0. The Morgan fingerprint density at radius 1 is 1.41 bits per heavy atom. The first-order valence-electron chi connectivity index (χ1n) is 8.16. The molecule has 2 heterocycles. The zero-order valence-corrected chi connectivity index (χ0v) is 13.5. The summed E-state index contributed by atoms with van der Waals surface area (Å²) in [5.74, 6) is 0.837. The van der Waals surface area contributed by atoms with Gasteiger partial charge in [-0.25, -0.2) is 0 Å². The molecule has 22 heavy (non-hydrogen) atoms. The van der Waals surface area contributed by atoms with Gasteiger partial charge in [0.1, 0.15) is 5.76 Å². The molecule has 1 amide bonds. The molecule has 0 radical (unpaired) electrons. The predicted molar refractivity (Wildman–Crippen MR) is 81.5 cm³/mol. The van der Waals surface area contributed by atoms with E-state index in [1.807, 2.05) is 13.8 Å². The van der Waals surface area contributed by atoms with Crippen LogP contribution in [0.15, 0.2) is 4.52 Å². The van der Waals surface area contributed by atoms with Crippen molar-refractivity contribution in [3.63, 3.8) is 0 Å². The Hall–Kier alpha value is -1.40. The second kappa shape index (κ2) is 8.90. The molecule has 1 N–H and O–H groups in total. The number of carbonyl (C=O) groups excluding carboxylic acids is 1. The van der Waals surface area contributed by atoms with Crippen molar-refractivity contribution in [2.75, 3.05) is 19.8 Å². The zero-order chi connectivity index (χ0) is 15.8. The summed E-state index contributed by atoms with van der Waals surface area (Å²) in [6, 6.07) is 0. The van der Waals surface area contributed by atoms with E-state index >= 15 is 0 Å². The van der Waals surface area contributed by atoms with Gasteiger partial charge < -0.3 is 19.3 Å². The molecule has 0 aromatic carbocycles. The summed E-state index contributed by atoms with van der Waals surface area (Å²) in [7, 11) is 0. The van der Waals surface area contributed by atoms with Crippen LogP contribution in [-0.4, -0.2) is 37.0 Å². The van der Waals surface area contributed by atoms with Crippen molar-refractivity contribution >= 4 is 5.91 Å². The lowest BCUT2D eigenvalue weighted by molar-refractivity contribution is -0.122. The molecule has 1 aliphatic rings. The molecule has 0 spiro atoms. The minimum atomic E-state index is -0.0161. The van der Waals surface area contributed by atoms with E-state index in [-0.39, 0.29) is 12.0 Å². The number of amides is 1. The maximum absolute atomic E-state index is 11.9. The molecule has 0 saturated carbocycles. The Morgan fingerprint density at radius 2 is 2.27 bits per heavy atom. The van der Waals surface area contributed by atoms with Crippen LogP contribution in [0.3, 0.4) is 0 Å². The Kier molecular flexibility index (Phi) is 6.86. The second-order valence-electron chi connectivity index (χ2n) is 5.47. The fraction of sp³-hybridized carbons (Fsp3) is 0.750. The number of nitrogens with zero attached hydrogens (tertiary/aromatic N) is 1. The maximum atomic E-state index is 11.9. The first-order chi connectivity index (χ1) is 10.7. The highest BCUT2D eigenvalue weighted by molar-refractivity contribution is 5.76. The Morgan fingerprint density at radius 3 is 2.95 bits per heavy atom. The summed E-state index contributed by atoms with van der Waals surface area (Å²) in [6.45, 7) is 6.36. The molecule has 1 fully saturated rings. The summed E-state index contributed by atoms with van der Waals surface area (Å²) in [4.78, 5) is 11.9. The van der Waals surface area contributed by atoms with E-state index in [4.69, 9.17) is 14.0 Å². The fourth-order valence-electron chi connectivity index (χ4n) is 2.57. The summed E-state index contributed by atoms with van der Waals surface area (Å²) < 4.78 is 16.2. The van der Waals surface area contributed by atoms with E-state index < -0.39 is 0 Å². The van der Waals surface area contributed by atoms with E-state index in [1.54, 1.807) is 0 Å². The van der Waals surface area contributed by atoms with Gasteiger partial charge in [-0.15, -0.1) is 0 Å². The van der Waals surface area contributed by atoms with Gasteiger partial charge in [-0.1, -0.05) is 19.0 Å². The molecule has 0 bridgehead atoms. The summed E-state index contributed by atoms with van der Waals surface area (Å²) in [5, 5.41) is 6.95. The molecule has 6 heteroatoms. The Balaban J connectivity index is 1.65. The van der Waals surface area contributed by atoms with Crippen molar-refractivity contribution in [2.45, 2.75) is 58.6 Å². The predicted octanol–water partition coefficient (Wildman–Crippen LogP) is 2.00. The summed E-state index contributed by atoms with van der Waals surface area (Å²) >= 11 is 0. The van der Waals surface area contributed by atoms with E-state index in [2.05, 4.69) is 10.5 Å². The Bertz CT molecular complexity index is 445. The molecule has 124 valence electrons. The molecule has 0 aliphatic carbocycles. The lowest BCUT2D eigenvalue weighted by Crippen LogP contribution is -2.25. The van der Waals surface area contributed by atoms with Gasteiger partial charge in [-0.2, -0.15) is 0 Å². The third kappa shape index (κ3) is 4.81. The fourth-order valence-corrected chi connectivity index (χ4v) is 2.57. The molecule has 2 rings (SSSR count). The average Bonchev–Trinajstić information content (AvgIpc) is 3.18. The van der Waals surface area contributed by atoms with Gasteiger partial charge in [0.05, 0.1) is 25.0 Å². The molecule has 1 aliphatic heterocycles. The van der Waals surface area contributed by atoms with Gasteiger partial charge in [0.2, 0.25) is 5.91 Å². The average molecular weight is 310 g/mol. The van der Waals surface area contributed by atoms with Crippen LogP contribution < -0.4 is 5.32 Å². The number of carbonyl (C=O) groups is 1. The van der Waals surface area contributed by atoms with E-state index in [1.165, 1.54) is 0 Å². The lowest BCUT2D eigenvalue weighted by atomic mass is 10.1. The second-order valence-corrected chi connectivity index (χ2v) is 5.47. The third-order valence-electron chi connectivity index (χ3n) is 3.87. The highest BCUT2D eigenvalue weighted by Gasteiger charge is 2.16. The van der Waals surface area contributed by atoms with E-state index in [0.29, 0.717) is 26.2 Å². The number of aromatic nitrogens is 1. The number of aryl methyl sites for hydroxylation is 2. The summed E-state index contributed by atoms with van der Waals surface area (Å²) in [5.41, 5.74) is 1.94. The first-order valence-corrected chi connectivity index (χ1v) is 8.16. The van der Waals surface area contributed by atoms with Crippen molar-refractivity contribution in [1.82, 2.24) is 10.5 Å². The molecule has 1 unspecified atom stereocenters. The number of hydrogen-bond acceptors (Lipinski definition) is 5. The van der Waals surface area contributed by atoms with E-state index in [0.717, 1.165) is 49.3 Å². The van der Waals surface area contributed by atoms with Crippen molar-refractivity contribution in [3.8, 4) is 0 Å². The Labute approximate surface area is 131 Å². The van der Waals surface area contributed by atoms with Crippen LogP contribution in [0.4, 0.5) is 0 Å². The van der Waals surface area contributed by atoms with Crippen molar-refractivity contribution in [2.24, 2.45) is 0 Å². The van der Waals surface area contributed by atoms with Crippen LogP contribution in [0.25, 0.3) is 0 Å². The molecular weight excluding hydrogens is 284 g/mol. The van der Waals surface area contributed by atoms with Crippen molar-refractivity contribution in [3.05, 3.63) is 17.0 Å². The van der Waals surface area contributed by atoms with Crippen molar-refractivity contribution < 1.29 is 18.8 Å². The van der Waals surface area contributed by atoms with Crippen LogP contribution in [0, 0.1) is 0 Å². The normalized spacial score (nSPS) is 17.8. The smallest absolute Gasteiger partial charge is 0.222 e. The highest BCUT2D eigenvalue weighted by Crippen LogP contribution is 2.15. The van der Waals surface area contributed by atoms with Gasteiger partial charge in [0.25, 0.3) is 0 Å². The van der Waals surface area contributed by atoms with Gasteiger partial charge in [-0.3, -0.25) is 4.79 Å². The minimum absolute atomic E-state index is 0.0161. The standard InChI is InChI=1S/C16H26N2O4/c1-3-14-13(15(4-2)22-18-14)10-17-16(19)7-9-20-11-12-6-5-8-21-12/h12H,3-11H2,1-2H3,(H,17,19). The largest absolute Gasteiger partial charge is 0.378 e. The van der Waals surface area contributed by atoms with Crippen LogP contribution in [0.5, 0.6) is 0 Å². The molecule has 1 aromatic rings. The van der Waals surface area contributed by atoms with Crippen LogP contribution >= 0.6 is 0 Å². The van der Waals surface area contributed by atoms with Crippen LogP contribution in [-0.2, 0) is 33.7 Å². The van der Waals surface area contributed by atoms with Crippen LogP contribution in [0.2, 0.25) is 0 Å². The lowest BCUT2D eigenvalue weighted by Gasteiger charge is -2.10. The summed E-state index contributed by atoms with van der Waals surface area (Å²) in [6.07, 6.45) is 4.31. The zero-order valence-electron chi connectivity index (χ0n) is 13.5. The molecule has 1 atom stereocenters. The van der Waals surface area contributed by atoms with Gasteiger partial charge >= 0.3 is 0 Å². The maximum Gasteiger partial charge on any atom is 0.222 e. The molecular formula is C16H26N2O4. The van der Waals surface area contributed by atoms with Gasteiger partial charge in [0.15, 0.2) is 0 Å². The number of nitrogens with one attached hydrogen (secondary N) is 1. The monoisotopic (exact) mass is 310 g/mol. The van der Waals surface area contributed by atoms with Crippen LogP contribution in [0.1, 0.15) is 50.1 Å². The number of hydrogen-bond donors (Lipinski definition) is 1. The molecule has 1 saturated heterocycles. The number of ether oxygens (including phenoxy) is 2. The number of rotatable bonds is 9. The topological polar surface area (TPSA) is 73.6 Å². The SMILES string of the molecule is CCc1noc(CC)c1CNC(=O)CCOCC1CCCO1. The van der Waals surface area contributed by atoms with Gasteiger partial charge in [0, 0.05) is 31.6 Å².